The van der Waals surface area contributed by atoms with Crippen LogP contribution in [0.15, 0.2) is 56.1 Å². The number of fused-ring (bicyclic) bond motifs is 1. The molecule has 2 aromatic carbocycles. The number of ether oxygens (including phenoxy) is 1. The van der Waals surface area contributed by atoms with Crippen LogP contribution < -0.4 is 10.2 Å². The Labute approximate surface area is 152 Å². The van der Waals surface area contributed by atoms with Crippen molar-refractivity contribution >= 4 is 32.9 Å². The van der Waals surface area contributed by atoms with Crippen molar-refractivity contribution < 1.29 is 19.1 Å². The first-order chi connectivity index (χ1) is 11.9. The van der Waals surface area contributed by atoms with Crippen LogP contribution in [0, 0.1) is 6.92 Å². The van der Waals surface area contributed by atoms with Gasteiger partial charge >= 0.3 is 5.97 Å². The van der Waals surface area contributed by atoms with E-state index in [0.717, 1.165) is 10.0 Å². The summed E-state index contributed by atoms with van der Waals surface area (Å²) in [7, 11) is 0. The average Bonchev–Trinajstić information content (AvgIpc) is 2.56. The van der Waals surface area contributed by atoms with Gasteiger partial charge in [-0.2, -0.15) is 0 Å². The third-order valence-electron chi connectivity index (χ3n) is 3.83. The van der Waals surface area contributed by atoms with E-state index in [0.29, 0.717) is 28.0 Å². The zero-order chi connectivity index (χ0) is 18.1. The van der Waals surface area contributed by atoms with Crippen LogP contribution in [0.5, 0.6) is 5.75 Å². The third-order valence-corrected chi connectivity index (χ3v) is 4.36. The number of halogens is 1. The maximum absolute atomic E-state index is 12.9. The molecule has 0 aliphatic rings. The number of carboxylic acid groups (broad SMARTS) is 1. The summed E-state index contributed by atoms with van der Waals surface area (Å²) in [5, 5.41) is 9.34. The summed E-state index contributed by atoms with van der Waals surface area (Å²) in [5.74, 6) is -0.243. The minimum Gasteiger partial charge on any atom is -0.479 e. The van der Waals surface area contributed by atoms with Gasteiger partial charge in [-0.1, -0.05) is 28.1 Å². The Morgan fingerprint density at radius 3 is 2.52 bits per heavy atom. The highest BCUT2D eigenvalue weighted by Gasteiger charge is 2.16. The van der Waals surface area contributed by atoms with Crippen LogP contribution in [0.3, 0.4) is 0 Å². The molecule has 25 heavy (non-hydrogen) atoms. The second-order valence-corrected chi connectivity index (χ2v) is 6.54. The molecule has 1 heterocycles. The van der Waals surface area contributed by atoms with E-state index >= 15 is 0 Å². The fraction of sp³-hybridized carbons (Fsp3) is 0.158. The lowest BCUT2D eigenvalue weighted by Gasteiger charge is -2.12. The quantitative estimate of drug-likeness (QED) is 0.700. The van der Waals surface area contributed by atoms with Gasteiger partial charge < -0.3 is 14.3 Å². The first kappa shape index (κ1) is 17.2. The van der Waals surface area contributed by atoms with Crippen molar-refractivity contribution in [2.75, 3.05) is 0 Å². The lowest BCUT2D eigenvalue weighted by Crippen LogP contribution is -2.22. The van der Waals surface area contributed by atoms with Crippen LogP contribution in [0.1, 0.15) is 12.7 Å². The summed E-state index contributed by atoms with van der Waals surface area (Å²) in [6.07, 6.45) is -0.993. The molecular weight excluding hydrogens is 388 g/mol. The Morgan fingerprint density at radius 1 is 1.20 bits per heavy atom. The number of carbonyl (C=O) groups is 1. The van der Waals surface area contributed by atoms with E-state index in [1.165, 1.54) is 13.0 Å². The van der Waals surface area contributed by atoms with E-state index in [1.807, 2.05) is 24.3 Å². The van der Waals surface area contributed by atoms with Crippen LogP contribution in [-0.2, 0) is 4.79 Å². The van der Waals surface area contributed by atoms with Crippen LogP contribution in [0.25, 0.3) is 22.1 Å². The molecule has 5 nitrogen and oxygen atoms in total. The minimum atomic E-state index is -1.07. The van der Waals surface area contributed by atoms with Gasteiger partial charge in [0, 0.05) is 10.5 Å². The van der Waals surface area contributed by atoms with Crippen LogP contribution in [-0.4, -0.2) is 17.2 Å². The smallest absolute Gasteiger partial charge is 0.344 e. The Hall–Kier alpha value is -2.60. The normalized spacial score (nSPS) is 12.1. The highest BCUT2D eigenvalue weighted by molar-refractivity contribution is 9.10. The fourth-order valence-electron chi connectivity index (χ4n) is 2.56. The second kappa shape index (κ2) is 6.72. The molecule has 0 bridgehead atoms. The maximum atomic E-state index is 12.9. The fourth-order valence-corrected chi connectivity index (χ4v) is 2.83. The Kier molecular flexibility index (Phi) is 4.63. The molecule has 3 rings (SSSR count). The predicted octanol–water partition coefficient (Wildman–Crippen LogP) is 4.38. The van der Waals surface area contributed by atoms with Crippen LogP contribution >= 0.6 is 15.9 Å². The van der Waals surface area contributed by atoms with Crippen molar-refractivity contribution in [1.82, 2.24) is 0 Å². The number of carboxylic acids is 1. The zero-order valence-corrected chi connectivity index (χ0v) is 15.2. The number of benzene rings is 2. The summed E-state index contributed by atoms with van der Waals surface area (Å²) >= 11 is 3.38. The minimum absolute atomic E-state index is 0.140. The van der Waals surface area contributed by atoms with E-state index in [9.17, 15) is 9.59 Å². The SMILES string of the molecule is Cc1oc2cc(O[C@H](C)C(=O)O)ccc2c(=O)c1-c1ccc(Br)cc1. The topological polar surface area (TPSA) is 76.7 Å². The molecule has 0 spiro atoms. The van der Waals surface area contributed by atoms with E-state index in [2.05, 4.69) is 15.9 Å². The molecule has 0 amide bonds. The summed E-state index contributed by atoms with van der Waals surface area (Å²) in [4.78, 5) is 23.8. The molecule has 6 heteroatoms. The highest BCUT2D eigenvalue weighted by atomic mass is 79.9. The van der Waals surface area contributed by atoms with Crippen molar-refractivity contribution in [2.24, 2.45) is 0 Å². The van der Waals surface area contributed by atoms with Crippen LogP contribution in [0.2, 0.25) is 0 Å². The monoisotopic (exact) mass is 402 g/mol. The van der Waals surface area contributed by atoms with E-state index in [1.54, 1.807) is 19.1 Å². The first-order valence-electron chi connectivity index (χ1n) is 7.59. The number of rotatable bonds is 4. The second-order valence-electron chi connectivity index (χ2n) is 5.63. The van der Waals surface area contributed by atoms with Crippen LogP contribution in [0.4, 0.5) is 0 Å². The van der Waals surface area contributed by atoms with Gasteiger partial charge in [0.05, 0.1) is 10.9 Å². The number of aliphatic carboxylic acids is 1. The highest BCUT2D eigenvalue weighted by Crippen LogP contribution is 2.27. The summed E-state index contributed by atoms with van der Waals surface area (Å²) in [6, 6.07) is 12.1. The molecule has 0 fully saturated rings. The van der Waals surface area contributed by atoms with Gasteiger partial charge in [0.15, 0.2) is 6.10 Å². The van der Waals surface area contributed by atoms with Gasteiger partial charge in [0.2, 0.25) is 5.43 Å². The predicted molar refractivity (Wildman–Crippen MR) is 98.1 cm³/mol. The van der Waals surface area contributed by atoms with Crippen molar-refractivity contribution in [1.29, 1.82) is 0 Å². The molecule has 1 aromatic heterocycles. The summed E-state index contributed by atoms with van der Waals surface area (Å²) < 4.78 is 12.1. The number of hydrogen-bond donors (Lipinski definition) is 1. The lowest BCUT2D eigenvalue weighted by atomic mass is 10.0. The van der Waals surface area contributed by atoms with Gasteiger partial charge in [0.25, 0.3) is 0 Å². The number of aryl methyl sites for hydroxylation is 1. The van der Waals surface area contributed by atoms with Gasteiger partial charge in [-0.3, -0.25) is 4.79 Å². The molecule has 1 atom stereocenters. The summed E-state index contributed by atoms with van der Waals surface area (Å²) in [5.41, 5.74) is 1.50. The third kappa shape index (κ3) is 3.44. The summed E-state index contributed by atoms with van der Waals surface area (Å²) in [6.45, 7) is 3.16. The zero-order valence-electron chi connectivity index (χ0n) is 13.6. The molecule has 0 radical (unpaired) electrons. The Bertz CT molecular complexity index is 1000. The van der Waals surface area contributed by atoms with E-state index in [4.69, 9.17) is 14.3 Å². The van der Waals surface area contributed by atoms with E-state index in [-0.39, 0.29) is 5.43 Å². The Morgan fingerprint density at radius 2 is 1.88 bits per heavy atom. The molecule has 3 aromatic rings. The lowest BCUT2D eigenvalue weighted by molar-refractivity contribution is -0.144. The van der Waals surface area contributed by atoms with Gasteiger partial charge in [0.1, 0.15) is 17.1 Å². The van der Waals surface area contributed by atoms with E-state index < -0.39 is 12.1 Å². The Balaban J connectivity index is 2.10. The largest absolute Gasteiger partial charge is 0.479 e. The van der Waals surface area contributed by atoms with Crippen molar-refractivity contribution in [3.8, 4) is 16.9 Å². The maximum Gasteiger partial charge on any atom is 0.344 e. The van der Waals surface area contributed by atoms with Crippen molar-refractivity contribution in [3.63, 3.8) is 0 Å². The van der Waals surface area contributed by atoms with Gasteiger partial charge in [-0.25, -0.2) is 4.79 Å². The standard InChI is InChI=1S/C19H15BrO5/c1-10-17(12-3-5-13(20)6-4-12)18(21)15-8-7-14(9-16(15)25-10)24-11(2)19(22)23/h3-9,11H,1-2H3,(H,22,23)/t11-/m1/s1. The number of hydrogen-bond acceptors (Lipinski definition) is 4. The molecule has 128 valence electrons. The molecule has 0 saturated carbocycles. The van der Waals surface area contributed by atoms with Gasteiger partial charge in [-0.15, -0.1) is 0 Å². The van der Waals surface area contributed by atoms with Crippen molar-refractivity contribution in [3.05, 3.63) is 62.9 Å². The first-order valence-corrected chi connectivity index (χ1v) is 8.39. The average molecular weight is 403 g/mol. The molecular formula is C19H15BrO5. The molecule has 0 saturated heterocycles. The molecule has 0 unspecified atom stereocenters. The van der Waals surface area contributed by atoms with Crippen molar-refractivity contribution in [2.45, 2.75) is 20.0 Å². The molecule has 0 aliphatic carbocycles. The van der Waals surface area contributed by atoms with Gasteiger partial charge in [-0.05, 0) is 43.7 Å². The molecule has 1 N–H and O–H groups in total. The molecule has 0 aliphatic heterocycles.